The molecule has 2 aromatic rings. The van der Waals surface area contributed by atoms with Crippen LogP contribution in [0, 0.1) is 11.8 Å². The molecule has 0 aliphatic heterocycles. The van der Waals surface area contributed by atoms with Gasteiger partial charge in [-0.05, 0) is 55.4 Å². The van der Waals surface area contributed by atoms with E-state index >= 15 is 0 Å². The van der Waals surface area contributed by atoms with Crippen LogP contribution in [0.15, 0.2) is 42.7 Å². The number of Topliss-reactive ketones (excluding diaryl/α,β-unsaturated/α-hetero) is 4. The summed E-state index contributed by atoms with van der Waals surface area (Å²) in [5, 5.41) is 0. The molecule has 154 valence electrons. The van der Waals surface area contributed by atoms with E-state index in [1.54, 1.807) is 24.5 Å². The second-order valence-corrected chi connectivity index (χ2v) is 8.29. The lowest BCUT2D eigenvalue weighted by Gasteiger charge is -2.32. The molecule has 4 rings (SSSR count). The second-order valence-electron chi connectivity index (χ2n) is 8.29. The zero-order valence-corrected chi connectivity index (χ0v) is 16.9. The van der Waals surface area contributed by atoms with Crippen molar-refractivity contribution >= 4 is 23.1 Å². The maximum Gasteiger partial charge on any atom is 0.166 e. The summed E-state index contributed by atoms with van der Waals surface area (Å²) < 4.78 is 0. The van der Waals surface area contributed by atoms with Gasteiger partial charge in [-0.3, -0.25) is 24.2 Å². The highest BCUT2D eigenvalue weighted by Gasteiger charge is 2.40. The van der Waals surface area contributed by atoms with Crippen LogP contribution < -0.4 is 0 Å². The molecule has 0 amide bonds. The molecule has 1 heterocycles. The van der Waals surface area contributed by atoms with Gasteiger partial charge in [0.15, 0.2) is 11.6 Å². The van der Waals surface area contributed by atoms with Crippen LogP contribution in [0.1, 0.15) is 70.4 Å². The minimum Gasteiger partial charge on any atom is -0.299 e. The topological polar surface area (TPSA) is 81.2 Å². The van der Waals surface area contributed by atoms with Crippen molar-refractivity contribution in [3.63, 3.8) is 0 Å². The van der Waals surface area contributed by atoms with Crippen LogP contribution in [-0.2, 0) is 22.4 Å². The molecular weight excluding hydrogens is 378 g/mol. The van der Waals surface area contributed by atoms with Crippen molar-refractivity contribution < 1.29 is 19.2 Å². The number of hydrogen-bond donors (Lipinski definition) is 0. The summed E-state index contributed by atoms with van der Waals surface area (Å²) in [6, 6.07) is 9.24. The third-order valence-corrected chi connectivity index (χ3v) is 6.44. The van der Waals surface area contributed by atoms with Crippen molar-refractivity contribution in [1.82, 2.24) is 4.98 Å². The average Bonchev–Trinajstić information content (AvgIpc) is 2.75. The Morgan fingerprint density at radius 3 is 2.50 bits per heavy atom. The van der Waals surface area contributed by atoms with E-state index in [2.05, 4.69) is 4.98 Å². The number of carbonyl (C=O) groups is 4. The molecule has 5 heteroatoms. The van der Waals surface area contributed by atoms with Crippen molar-refractivity contribution in [2.45, 2.75) is 51.4 Å². The van der Waals surface area contributed by atoms with Crippen molar-refractivity contribution in [3.8, 4) is 0 Å². The highest BCUT2D eigenvalue weighted by molar-refractivity contribution is 6.07. The number of benzene rings is 1. The van der Waals surface area contributed by atoms with Crippen LogP contribution >= 0.6 is 0 Å². The number of aromatic nitrogens is 1. The lowest BCUT2D eigenvalue weighted by atomic mass is 9.69. The number of aryl methyl sites for hydroxylation is 1. The third-order valence-electron chi connectivity index (χ3n) is 6.44. The second kappa shape index (κ2) is 8.82. The van der Waals surface area contributed by atoms with Gasteiger partial charge in [0.05, 0.1) is 6.42 Å². The quantitative estimate of drug-likeness (QED) is 0.538. The Morgan fingerprint density at radius 1 is 0.967 bits per heavy atom. The molecule has 2 aliphatic carbocycles. The van der Waals surface area contributed by atoms with Gasteiger partial charge < -0.3 is 0 Å². The maximum atomic E-state index is 13.2. The van der Waals surface area contributed by atoms with Gasteiger partial charge in [-0.25, -0.2) is 0 Å². The first-order valence-corrected chi connectivity index (χ1v) is 10.7. The fourth-order valence-corrected chi connectivity index (χ4v) is 4.85. The van der Waals surface area contributed by atoms with Gasteiger partial charge in [0, 0.05) is 48.2 Å². The maximum absolute atomic E-state index is 13.2. The van der Waals surface area contributed by atoms with E-state index in [1.165, 1.54) is 0 Å². The SMILES string of the molecule is O=C1CCC(C2CCc3c(CCCC(=O)c4ccncc4)cccc3C2=O)C(=O)C1. The molecule has 0 N–H and O–H groups in total. The minimum atomic E-state index is -0.315. The monoisotopic (exact) mass is 403 g/mol. The fraction of sp³-hybridized carbons (Fsp3) is 0.400. The first-order chi connectivity index (χ1) is 14.5. The van der Waals surface area contributed by atoms with E-state index in [4.69, 9.17) is 0 Å². The molecule has 2 unspecified atom stereocenters. The lowest BCUT2D eigenvalue weighted by Crippen LogP contribution is -2.37. The van der Waals surface area contributed by atoms with E-state index in [0.717, 1.165) is 30.4 Å². The summed E-state index contributed by atoms with van der Waals surface area (Å²) >= 11 is 0. The molecule has 2 aliphatic rings. The molecule has 0 radical (unpaired) electrons. The molecular formula is C25H25NO4. The van der Waals surface area contributed by atoms with Gasteiger partial charge in [-0.15, -0.1) is 0 Å². The van der Waals surface area contributed by atoms with Crippen molar-refractivity contribution in [2.24, 2.45) is 11.8 Å². The first-order valence-electron chi connectivity index (χ1n) is 10.7. The van der Waals surface area contributed by atoms with Crippen LogP contribution in [0.25, 0.3) is 0 Å². The van der Waals surface area contributed by atoms with Crippen molar-refractivity contribution in [1.29, 1.82) is 0 Å². The fourth-order valence-electron chi connectivity index (χ4n) is 4.85. The summed E-state index contributed by atoms with van der Waals surface area (Å²) in [7, 11) is 0. The standard InChI is InChI=1S/C25H25NO4/c27-18-7-8-20(24(29)15-18)22-10-9-19-16(3-1-5-21(19)25(22)30)4-2-6-23(28)17-11-13-26-14-12-17/h1,3,5,11-14,20,22H,2,4,6-10,15H2. The van der Waals surface area contributed by atoms with Gasteiger partial charge in [0.1, 0.15) is 11.6 Å². The van der Waals surface area contributed by atoms with Gasteiger partial charge in [-0.1, -0.05) is 18.2 Å². The Morgan fingerprint density at radius 2 is 1.73 bits per heavy atom. The highest BCUT2D eigenvalue weighted by atomic mass is 16.2. The van der Waals surface area contributed by atoms with Crippen molar-refractivity contribution in [2.75, 3.05) is 0 Å². The molecule has 0 bridgehead atoms. The lowest BCUT2D eigenvalue weighted by molar-refractivity contribution is -0.133. The number of rotatable bonds is 6. The summed E-state index contributed by atoms with van der Waals surface area (Å²) in [4.78, 5) is 53.3. The molecule has 0 saturated heterocycles. The van der Waals surface area contributed by atoms with Crippen LogP contribution in [0.4, 0.5) is 0 Å². The van der Waals surface area contributed by atoms with Crippen LogP contribution in [0.5, 0.6) is 0 Å². The van der Waals surface area contributed by atoms with E-state index in [1.807, 2.05) is 18.2 Å². The Kier molecular flexibility index (Phi) is 5.98. The molecule has 1 fully saturated rings. The molecule has 0 spiro atoms. The normalized spacial score (nSPS) is 21.4. The Labute approximate surface area is 175 Å². The third kappa shape index (κ3) is 4.16. The van der Waals surface area contributed by atoms with Gasteiger partial charge >= 0.3 is 0 Å². The van der Waals surface area contributed by atoms with Crippen LogP contribution in [0.2, 0.25) is 0 Å². The number of ketones is 4. The Hall–Kier alpha value is -2.95. The predicted octanol–water partition coefficient (Wildman–Crippen LogP) is 3.97. The average molecular weight is 403 g/mol. The van der Waals surface area contributed by atoms with E-state index in [0.29, 0.717) is 36.8 Å². The summed E-state index contributed by atoms with van der Waals surface area (Å²) in [5.74, 6) is -0.559. The van der Waals surface area contributed by atoms with Gasteiger partial charge in [0.25, 0.3) is 0 Å². The van der Waals surface area contributed by atoms with Gasteiger partial charge in [0.2, 0.25) is 0 Å². The Bertz CT molecular complexity index is 995. The zero-order chi connectivity index (χ0) is 21.1. The van der Waals surface area contributed by atoms with E-state index in [-0.39, 0.29) is 41.4 Å². The summed E-state index contributed by atoms with van der Waals surface area (Å²) in [6.45, 7) is 0. The first kappa shape index (κ1) is 20.3. The largest absolute Gasteiger partial charge is 0.299 e. The minimum absolute atomic E-state index is 0.0106. The molecule has 5 nitrogen and oxygen atoms in total. The molecule has 1 aromatic heterocycles. The predicted molar refractivity (Wildman–Crippen MR) is 111 cm³/mol. The Balaban J connectivity index is 1.43. The number of fused-ring (bicyclic) bond motifs is 1. The van der Waals surface area contributed by atoms with Crippen LogP contribution in [0.3, 0.4) is 0 Å². The number of carbonyl (C=O) groups excluding carboxylic acids is 4. The molecule has 2 atom stereocenters. The molecule has 1 saturated carbocycles. The summed E-state index contributed by atoms with van der Waals surface area (Å²) in [6.07, 6.45) is 7.46. The smallest absolute Gasteiger partial charge is 0.166 e. The number of hydrogen-bond acceptors (Lipinski definition) is 5. The molecule has 1 aromatic carbocycles. The van der Waals surface area contributed by atoms with E-state index < -0.39 is 0 Å². The van der Waals surface area contributed by atoms with Crippen LogP contribution in [-0.4, -0.2) is 28.1 Å². The molecule has 30 heavy (non-hydrogen) atoms. The summed E-state index contributed by atoms with van der Waals surface area (Å²) in [5.41, 5.74) is 3.57. The van der Waals surface area contributed by atoms with Gasteiger partial charge in [-0.2, -0.15) is 0 Å². The number of nitrogens with zero attached hydrogens (tertiary/aromatic N) is 1. The highest BCUT2D eigenvalue weighted by Crippen LogP contribution is 2.37. The van der Waals surface area contributed by atoms with Crippen molar-refractivity contribution in [3.05, 3.63) is 65.0 Å². The number of pyridine rings is 1. The van der Waals surface area contributed by atoms with E-state index in [9.17, 15) is 19.2 Å². The zero-order valence-electron chi connectivity index (χ0n) is 16.9.